The van der Waals surface area contributed by atoms with E-state index in [1.807, 2.05) is 0 Å². The van der Waals surface area contributed by atoms with E-state index in [9.17, 15) is 40.9 Å². The number of rotatable bonds is 7. The molecule has 4 aliphatic carbocycles. The summed E-state index contributed by atoms with van der Waals surface area (Å²) in [5, 5.41) is 85.2. The lowest BCUT2D eigenvalue weighted by Gasteiger charge is -2.61. The number of fused-ring (bicyclic) bond motifs is 7. The van der Waals surface area contributed by atoms with Crippen LogP contribution >= 0.6 is 0 Å². The van der Waals surface area contributed by atoms with Crippen molar-refractivity contribution in [1.29, 1.82) is 0 Å². The van der Waals surface area contributed by atoms with Crippen LogP contribution in [0.15, 0.2) is 0 Å². The lowest BCUT2D eigenvalue weighted by Crippen LogP contribution is -2.66. The van der Waals surface area contributed by atoms with Gasteiger partial charge in [0, 0.05) is 12.3 Å². The Morgan fingerprint density at radius 1 is 0.633 bits per heavy atom. The topological polar surface area (TPSA) is 236 Å². The van der Waals surface area contributed by atoms with Crippen molar-refractivity contribution in [3.63, 3.8) is 0 Å². The number of hydrogen-bond acceptors (Lipinski definition) is 16. The van der Waals surface area contributed by atoms with Gasteiger partial charge in [-0.05, 0) is 111 Å². The maximum atomic E-state index is 11.5. The van der Waals surface area contributed by atoms with Gasteiger partial charge in [0.15, 0.2) is 24.7 Å². The molecule has 344 valence electrons. The van der Waals surface area contributed by atoms with Crippen LogP contribution in [0.5, 0.6) is 0 Å². The summed E-state index contributed by atoms with van der Waals surface area (Å²) >= 11 is 0. The second-order valence-corrected chi connectivity index (χ2v) is 21.1. The molecule has 0 aromatic heterocycles. The number of hydrogen-bond donors (Lipinski definition) is 8. The smallest absolute Gasteiger partial charge is 0.187 e. The van der Waals surface area contributed by atoms with Gasteiger partial charge in [-0.2, -0.15) is 0 Å². The first-order valence-corrected chi connectivity index (χ1v) is 23.1. The molecule has 5 aliphatic heterocycles. The molecule has 4 saturated carbocycles. The SMILES string of the molecule is C[C@@H]1CC[C@@]2(OC1)O[C@H]1C[C@H]3[C@@H]4CC[C@H]5C[C@@H](O[C@@H]6O[C@H](CO)[C@H](O)[C@H](O[C@@H]7OC[C@@H](O)[C@H](O)[C@H]7O)[C@H]6O[C@@H]6O[C@@H](C)[C@H](O)[C@@H](O)[C@H]6O)CC[C@]5(C)[C@H]4CC[C@]3(C)[C@H]1[C@@H]2C. The van der Waals surface area contributed by atoms with Crippen molar-refractivity contribution in [1.82, 2.24) is 0 Å². The van der Waals surface area contributed by atoms with Crippen molar-refractivity contribution in [2.45, 2.75) is 203 Å². The van der Waals surface area contributed by atoms with E-state index in [-0.39, 0.29) is 29.6 Å². The van der Waals surface area contributed by atoms with Gasteiger partial charge in [-0.15, -0.1) is 0 Å². The molecule has 60 heavy (non-hydrogen) atoms. The third-order valence-corrected chi connectivity index (χ3v) is 17.9. The van der Waals surface area contributed by atoms with Crippen LogP contribution in [0.3, 0.4) is 0 Å². The summed E-state index contributed by atoms with van der Waals surface area (Å²) in [6, 6.07) is 0. The minimum atomic E-state index is -1.71. The van der Waals surface area contributed by atoms with Crippen LogP contribution in [-0.4, -0.2) is 165 Å². The Hall–Kier alpha value is -0.640. The van der Waals surface area contributed by atoms with E-state index < -0.39 is 98.4 Å². The number of aliphatic hydroxyl groups is 8. The van der Waals surface area contributed by atoms with Crippen molar-refractivity contribution in [3.05, 3.63) is 0 Å². The molecule has 8 N–H and O–H groups in total. The Morgan fingerprint density at radius 2 is 1.37 bits per heavy atom. The zero-order valence-corrected chi connectivity index (χ0v) is 35.8. The van der Waals surface area contributed by atoms with Crippen molar-refractivity contribution in [3.8, 4) is 0 Å². The molecular weight excluding hydrogens is 784 g/mol. The van der Waals surface area contributed by atoms with Crippen LogP contribution < -0.4 is 0 Å². The Balaban J connectivity index is 0.913. The van der Waals surface area contributed by atoms with Crippen LogP contribution in [-0.2, 0) is 37.9 Å². The van der Waals surface area contributed by atoms with Crippen LogP contribution in [0, 0.1) is 52.3 Å². The fourth-order valence-corrected chi connectivity index (χ4v) is 14.3. The Kier molecular flexibility index (Phi) is 12.4. The molecule has 0 bridgehead atoms. The summed E-state index contributed by atoms with van der Waals surface area (Å²) in [6.07, 6.45) is -10.1. The lowest BCUT2D eigenvalue weighted by molar-refractivity contribution is -0.391. The van der Waals surface area contributed by atoms with Gasteiger partial charge < -0.3 is 78.7 Å². The van der Waals surface area contributed by atoms with Gasteiger partial charge in [0.1, 0.15) is 61.0 Å². The third-order valence-electron chi connectivity index (χ3n) is 17.9. The summed E-state index contributed by atoms with van der Waals surface area (Å²) in [6.45, 7) is 11.0. The molecule has 26 atom stereocenters. The molecule has 9 rings (SSSR count). The summed E-state index contributed by atoms with van der Waals surface area (Å²) in [7, 11) is 0. The van der Waals surface area contributed by atoms with Gasteiger partial charge in [-0.3, -0.25) is 0 Å². The Morgan fingerprint density at radius 3 is 2.10 bits per heavy atom. The van der Waals surface area contributed by atoms with E-state index in [4.69, 9.17) is 37.9 Å². The largest absolute Gasteiger partial charge is 0.394 e. The van der Waals surface area contributed by atoms with E-state index in [0.717, 1.165) is 58.0 Å². The highest BCUT2D eigenvalue weighted by Crippen LogP contribution is 2.71. The summed E-state index contributed by atoms with van der Waals surface area (Å²) in [5.74, 6) is 3.25. The molecule has 0 amide bonds. The summed E-state index contributed by atoms with van der Waals surface area (Å²) < 4.78 is 50.3. The molecule has 5 saturated heterocycles. The van der Waals surface area contributed by atoms with E-state index in [1.165, 1.54) is 19.8 Å². The monoisotopic (exact) mass is 856 g/mol. The van der Waals surface area contributed by atoms with E-state index in [1.54, 1.807) is 0 Å². The fraction of sp³-hybridized carbons (Fsp3) is 1.00. The molecule has 0 unspecified atom stereocenters. The number of ether oxygens (including phenoxy) is 8. The summed E-state index contributed by atoms with van der Waals surface area (Å²) in [4.78, 5) is 0. The molecule has 9 fully saturated rings. The molecule has 16 nitrogen and oxygen atoms in total. The fourth-order valence-electron chi connectivity index (χ4n) is 14.3. The Labute approximate surface area is 353 Å². The first-order valence-electron chi connectivity index (χ1n) is 23.1. The second-order valence-electron chi connectivity index (χ2n) is 21.1. The maximum Gasteiger partial charge on any atom is 0.187 e. The average molecular weight is 857 g/mol. The van der Waals surface area contributed by atoms with E-state index in [0.29, 0.717) is 41.4 Å². The van der Waals surface area contributed by atoms with Crippen LogP contribution in [0.25, 0.3) is 0 Å². The minimum Gasteiger partial charge on any atom is -0.394 e. The van der Waals surface area contributed by atoms with Crippen molar-refractivity contribution in [2.24, 2.45) is 52.3 Å². The standard InChI is InChI=1S/C44H72O16/c1-19-8-13-44(54-17-19)20(2)30-28(60-44)15-26-24-7-6-22-14-23(9-11-42(22,4)25(24)10-12-43(26,30)5)56-41-38(59-40-36(52)34(50)31(47)21(3)55-40)37(33(49)29(16-45)57-41)58-39-35(51)32(48)27(46)18-53-39/h19-41,45-52H,6-18H2,1-5H3/t19-,20+,21+,22+,23+,24-,25+,26+,27-,28+,29-,30+,31+,32+,33+,34-,35-,36-,37+,38-,39+,40+,41-,42+,43+,44-/m1/s1. The van der Waals surface area contributed by atoms with Crippen molar-refractivity contribution < 1.29 is 78.7 Å². The molecule has 5 heterocycles. The van der Waals surface area contributed by atoms with Crippen LogP contribution in [0.1, 0.15) is 98.8 Å². The zero-order chi connectivity index (χ0) is 42.6. The quantitative estimate of drug-likeness (QED) is 0.166. The highest BCUT2D eigenvalue weighted by atomic mass is 16.8. The van der Waals surface area contributed by atoms with Crippen LogP contribution in [0.2, 0.25) is 0 Å². The molecule has 16 heteroatoms. The predicted octanol–water partition coefficient (Wildman–Crippen LogP) is 0.933. The molecule has 0 aromatic rings. The molecule has 1 spiro atoms. The van der Waals surface area contributed by atoms with E-state index in [2.05, 4.69) is 27.7 Å². The van der Waals surface area contributed by atoms with Crippen molar-refractivity contribution >= 4 is 0 Å². The van der Waals surface area contributed by atoms with Crippen LogP contribution in [0.4, 0.5) is 0 Å². The molecule has 0 aromatic carbocycles. The van der Waals surface area contributed by atoms with Gasteiger partial charge in [-0.25, -0.2) is 0 Å². The highest BCUT2D eigenvalue weighted by molar-refractivity contribution is 5.15. The highest BCUT2D eigenvalue weighted by Gasteiger charge is 2.69. The van der Waals surface area contributed by atoms with E-state index >= 15 is 0 Å². The van der Waals surface area contributed by atoms with Gasteiger partial charge >= 0.3 is 0 Å². The van der Waals surface area contributed by atoms with Crippen molar-refractivity contribution in [2.75, 3.05) is 19.8 Å². The maximum absolute atomic E-state index is 11.5. The molecule has 9 aliphatic rings. The zero-order valence-electron chi connectivity index (χ0n) is 35.8. The first kappa shape index (κ1) is 44.6. The Bertz CT molecular complexity index is 1500. The molecular formula is C44H72O16. The third kappa shape index (κ3) is 7.27. The first-order chi connectivity index (χ1) is 28.5. The minimum absolute atomic E-state index is 0.115. The van der Waals surface area contributed by atoms with Gasteiger partial charge in [-0.1, -0.05) is 27.7 Å². The van der Waals surface area contributed by atoms with Gasteiger partial charge in [0.2, 0.25) is 0 Å². The average Bonchev–Trinajstić information content (AvgIpc) is 3.68. The van der Waals surface area contributed by atoms with Gasteiger partial charge in [0.05, 0.1) is 38.1 Å². The molecule has 0 radical (unpaired) electrons. The summed E-state index contributed by atoms with van der Waals surface area (Å²) in [5.41, 5.74) is 0.340. The lowest BCUT2D eigenvalue weighted by atomic mass is 9.44. The number of aliphatic hydroxyl groups excluding tert-OH is 8. The predicted molar refractivity (Wildman–Crippen MR) is 208 cm³/mol. The normalized spacial score (nSPS) is 59.2. The van der Waals surface area contributed by atoms with Gasteiger partial charge in [0.25, 0.3) is 0 Å². The second kappa shape index (κ2) is 16.7.